The second-order valence-electron chi connectivity index (χ2n) is 6.68. The van der Waals surface area contributed by atoms with Crippen molar-refractivity contribution in [1.29, 1.82) is 0 Å². The molecule has 1 saturated heterocycles. The van der Waals surface area contributed by atoms with Crippen molar-refractivity contribution in [2.24, 2.45) is 5.73 Å². The first kappa shape index (κ1) is 21.4. The number of terminal acetylenes is 1. The van der Waals surface area contributed by atoms with E-state index in [1.807, 2.05) is 0 Å². The first-order chi connectivity index (χ1) is 13.8. The molecule has 1 aliphatic heterocycles. The number of carboxylic acid groups (broad SMARTS) is 1. The van der Waals surface area contributed by atoms with Crippen molar-refractivity contribution in [2.75, 3.05) is 5.73 Å². The van der Waals surface area contributed by atoms with Crippen LogP contribution in [0.1, 0.15) is 12.6 Å². The summed E-state index contributed by atoms with van der Waals surface area (Å²) in [7, 11) is 0. The number of rotatable bonds is 8. The third-order valence-corrected chi connectivity index (χ3v) is 9.30. The Bertz CT molecular complexity index is 917. The summed E-state index contributed by atoms with van der Waals surface area (Å²) >= 11 is -1.53. The van der Waals surface area contributed by atoms with Crippen molar-refractivity contribution in [1.82, 2.24) is 19.5 Å². The molecule has 6 atom stereocenters. The SMILES string of the molecule is C#CC[Se+](CC[C@@H](N)C(=O)[O-])C[C@H]1O[C@@H](n2cnc3c(N)ncnc32)[C@H](O)[C@@H]1O. The van der Waals surface area contributed by atoms with Crippen LogP contribution in [-0.2, 0) is 9.53 Å². The Morgan fingerprint density at radius 2 is 2.17 bits per heavy atom. The second kappa shape index (κ2) is 9.04. The number of aromatic nitrogens is 4. The van der Waals surface area contributed by atoms with Gasteiger partial charge < -0.3 is 0 Å². The number of hydrogen-bond donors (Lipinski definition) is 4. The van der Waals surface area contributed by atoms with Gasteiger partial charge in [-0.3, -0.25) is 0 Å². The van der Waals surface area contributed by atoms with E-state index in [0.717, 1.165) is 0 Å². The van der Waals surface area contributed by atoms with Gasteiger partial charge in [0.2, 0.25) is 0 Å². The Morgan fingerprint density at radius 3 is 2.86 bits per heavy atom. The Hall–Kier alpha value is -2.26. The van der Waals surface area contributed by atoms with E-state index in [4.69, 9.17) is 22.6 Å². The summed E-state index contributed by atoms with van der Waals surface area (Å²) in [6.07, 6.45) is 4.47. The van der Waals surface area contributed by atoms with E-state index < -0.39 is 50.5 Å². The van der Waals surface area contributed by atoms with Gasteiger partial charge in [-0.1, -0.05) is 0 Å². The average molecular weight is 469 g/mol. The molecule has 2 aromatic rings. The number of aliphatic hydroxyl groups excluding tert-OH is 2. The van der Waals surface area contributed by atoms with Crippen LogP contribution >= 0.6 is 0 Å². The van der Waals surface area contributed by atoms with Crippen LogP contribution in [0.25, 0.3) is 11.2 Å². The van der Waals surface area contributed by atoms with Crippen LogP contribution in [0.2, 0.25) is 16.0 Å². The predicted molar refractivity (Wildman–Crippen MR) is 102 cm³/mol. The molecule has 0 radical (unpaired) electrons. The van der Waals surface area contributed by atoms with E-state index in [-0.39, 0.29) is 12.2 Å². The number of nitrogen functional groups attached to an aromatic ring is 1. The summed E-state index contributed by atoms with van der Waals surface area (Å²) in [5, 5.41) is 33.3. The van der Waals surface area contributed by atoms with E-state index in [1.165, 1.54) is 17.2 Å². The van der Waals surface area contributed by atoms with Crippen LogP contribution in [0, 0.1) is 12.3 Å². The molecule has 2 aromatic heterocycles. The van der Waals surface area contributed by atoms with Crippen LogP contribution in [0.5, 0.6) is 0 Å². The third-order valence-electron chi connectivity index (χ3n) is 4.71. The van der Waals surface area contributed by atoms with Crippen molar-refractivity contribution < 1.29 is 24.9 Å². The number of hydrogen-bond acceptors (Lipinski definition) is 10. The van der Waals surface area contributed by atoms with Gasteiger partial charge >= 0.3 is 171 Å². The number of imidazole rings is 1. The number of carbonyl (C=O) groups is 1. The molecule has 3 heterocycles. The maximum atomic E-state index is 10.8. The quantitative estimate of drug-likeness (QED) is 0.240. The molecular formula is C17H22N6O5Se. The van der Waals surface area contributed by atoms with Crippen molar-refractivity contribution in [3.8, 4) is 12.3 Å². The van der Waals surface area contributed by atoms with Gasteiger partial charge in [-0.15, -0.1) is 0 Å². The van der Waals surface area contributed by atoms with Gasteiger partial charge in [0, 0.05) is 0 Å². The van der Waals surface area contributed by atoms with E-state index in [1.54, 1.807) is 0 Å². The Kier molecular flexibility index (Phi) is 6.69. The summed E-state index contributed by atoms with van der Waals surface area (Å²) in [4.78, 5) is 23.0. The molecular weight excluding hydrogens is 447 g/mol. The van der Waals surface area contributed by atoms with Gasteiger partial charge in [-0.05, 0) is 0 Å². The Balaban J connectivity index is 1.73. The molecule has 12 heteroatoms. The fraction of sp³-hybridized carbons (Fsp3) is 0.529. The zero-order valence-corrected chi connectivity index (χ0v) is 17.1. The third kappa shape index (κ3) is 4.51. The monoisotopic (exact) mass is 470 g/mol. The molecule has 11 nitrogen and oxygen atoms in total. The Morgan fingerprint density at radius 1 is 1.41 bits per heavy atom. The molecule has 1 aliphatic rings. The van der Waals surface area contributed by atoms with Gasteiger partial charge in [0.1, 0.15) is 0 Å². The number of aliphatic hydroxyl groups is 2. The fourth-order valence-corrected chi connectivity index (χ4v) is 7.31. The first-order valence-corrected chi connectivity index (χ1v) is 12.5. The molecule has 3 rings (SSSR count). The maximum absolute atomic E-state index is 10.8. The number of fused-ring (bicyclic) bond motifs is 1. The van der Waals surface area contributed by atoms with Crippen molar-refractivity contribution in [2.45, 2.75) is 53.0 Å². The van der Waals surface area contributed by atoms with Gasteiger partial charge in [0.05, 0.1) is 0 Å². The fourth-order valence-electron chi connectivity index (χ4n) is 3.13. The molecule has 156 valence electrons. The number of aliphatic carboxylic acids is 1. The van der Waals surface area contributed by atoms with Crippen LogP contribution in [0.4, 0.5) is 5.82 Å². The van der Waals surface area contributed by atoms with Crippen molar-refractivity contribution >= 4 is 36.9 Å². The van der Waals surface area contributed by atoms with Gasteiger partial charge in [-0.25, -0.2) is 0 Å². The number of anilines is 1. The molecule has 6 N–H and O–H groups in total. The summed E-state index contributed by atoms with van der Waals surface area (Å²) < 4.78 is 7.44. The molecule has 0 spiro atoms. The van der Waals surface area contributed by atoms with Crippen LogP contribution in [0.3, 0.4) is 0 Å². The van der Waals surface area contributed by atoms with Crippen LogP contribution < -0.4 is 16.6 Å². The molecule has 1 unspecified atom stereocenters. The summed E-state index contributed by atoms with van der Waals surface area (Å²) in [5.74, 6) is 1.49. The summed E-state index contributed by atoms with van der Waals surface area (Å²) in [6, 6.07) is -1.06. The van der Waals surface area contributed by atoms with Crippen molar-refractivity contribution in [3.63, 3.8) is 0 Å². The van der Waals surface area contributed by atoms with E-state index in [9.17, 15) is 20.1 Å². The summed E-state index contributed by atoms with van der Waals surface area (Å²) in [6.45, 7) is 0. The van der Waals surface area contributed by atoms with Gasteiger partial charge in [0.25, 0.3) is 0 Å². The first-order valence-electron chi connectivity index (χ1n) is 8.82. The normalized spacial score (nSPS) is 26.3. The van der Waals surface area contributed by atoms with E-state index in [2.05, 4.69) is 20.9 Å². The zero-order chi connectivity index (χ0) is 21.1. The van der Waals surface area contributed by atoms with Gasteiger partial charge in [0.15, 0.2) is 0 Å². The van der Waals surface area contributed by atoms with E-state index >= 15 is 0 Å². The number of nitrogens with two attached hydrogens (primary N) is 2. The zero-order valence-electron chi connectivity index (χ0n) is 15.4. The molecule has 29 heavy (non-hydrogen) atoms. The average Bonchev–Trinajstić information content (AvgIpc) is 3.23. The number of ether oxygens (including phenoxy) is 1. The predicted octanol–water partition coefficient (Wildman–Crippen LogP) is -2.38. The van der Waals surface area contributed by atoms with E-state index in [0.29, 0.717) is 27.1 Å². The minimum absolute atomic E-state index is 0.198. The minimum atomic E-state index is -1.53. The molecule has 0 aliphatic carbocycles. The molecule has 0 amide bonds. The van der Waals surface area contributed by atoms with Crippen LogP contribution in [0.15, 0.2) is 12.7 Å². The van der Waals surface area contributed by atoms with Crippen LogP contribution in [-0.4, -0.2) is 74.0 Å². The molecule has 0 bridgehead atoms. The molecule has 0 aromatic carbocycles. The second-order valence-corrected chi connectivity index (χ2v) is 11.4. The Labute approximate surface area is 171 Å². The molecule has 1 fully saturated rings. The summed E-state index contributed by atoms with van der Waals surface area (Å²) in [5.41, 5.74) is 12.1. The number of carboxylic acids is 1. The number of nitrogens with zero attached hydrogens (tertiary/aromatic N) is 4. The topological polar surface area (TPSA) is 185 Å². The number of carbonyl (C=O) groups excluding carboxylic acids is 1. The standard InChI is InChI=1S/C17H22N6O5Se/c1-2-4-29(5-3-9(18)17(26)27)6-10-12(24)13(25)16(28-10)23-8-22-11-14(19)20-7-21-15(11)23/h1,7-10,12-13,16,24-25H,3-6,18H2,(H2-,19,20,21,26,27)/t9-,10-,12-,13-,16-,29?/m1/s1. The van der Waals surface area contributed by atoms with Crippen molar-refractivity contribution in [3.05, 3.63) is 12.7 Å². The molecule has 0 saturated carbocycles. The van der Waals surface area contributed by atoms with Gasteiger partial charge in [-0.2, -0.15) is 0 Å².